The van der Waals surface area contributed by atoms with Gasteiger partial charge in [0.1, 0.15) is 0 Å². The van der Waals surface area contributed by atoms with Gasteiger partial charge in [-0.3, -0.25) is 5.10 Å². The lowest BCUT2D eigenvalue weighted by Crippen LogP contribution is -1.81. The van der Waals surface area contributed by atoms with Crippen molar-refractivity contribution in [2.75, 3.05) is 6.61 Å². The fourth-order valence-electron chi connectivity index (χ4n) is 1.48. The predicted octanol–water partition coefficient (Wildman–Crippen LogP) is 1.88. The molecule has 0 unspecified atom stereocenters. The quantitative estimate of drug-likeness (QED) is 0.756. The number of benzene rings is 1. The van der Waals surface area contributed by atoms with E-state index in [0.29, 0.717) is 0 Å². The van der Waals surface area contributed by atoms with Crippen molar-refractivity contribution in [1.82, 2.24) is 10.2 Å². The molecule has 0 saturated heterocycles. The first-order valence-corrected chi connectivity index (χ1v) is 4.52. The Morgan fingerprint density at radius 3 is 3.14 bits per heavy atom. The molecule has 3 nitrogen and oxygen atoms in total. The van der Waals surface area contributed by atoms with Gasteiger partial charge >= 0.3 is 0 Å². The number of rotatable bonds is 2. The summed E-state index contributed by atoms with van der Waals surface area (Å²) in [5.41, 5.74) is 3.34. The largest absolute Gasteiger partial charge is 0.392 e. The Hall–Kier alpha value is -1.61. The molecule has 0 aliphatic rings. The Morgan fingerprint density at radius 1 is 1.50 bits per heavy atom. The van der Waals surface area contributed by atoms with Crippen LogP contribution in [0.15, 0.2) is 24.4 Å². The number of aromatic nitrogens is 2. The van der Waals surface area contributed by atoms with Crippen molar-refractivity contribution in [2.45, 2.75) is 6.92 Å². The van der Waals surface area contributed by atoms with Crippen molar-refractivity contribution < 1.29 is 5.11 Å². The predicted molar refractivity (Wildman–Crippen MR) is 57.0 cm³/mol. The van der Waals surface area contributed by atoms with Crippen LogP contribution in [0.25, 0.3) is 17.0 Å². The highest BCUT2D eigenvalue weighted by Gasteiger charge is 1.99. The molecule has 72 valence electrons. The Balaban J connectivity index is 2.53. The number of aliphatic hydroxyl groups excluding tert-OH is 1. The molecular weight excluding hydrogens is 176 g/mol. The standard InChI is InChI=1S/C11H12N2O/c1-8-5-11-10(7-12-13-11)6-9(8)3-2-4-14/h2-3,5-7,14H,4H2,1H3,(H,12,13). The third-order valence-corrected chi connectivity index (χ3v) is 2.23. The Bertz CT molecular complexity index is 471. The van der Waals surface area contributed by atoms with Crippen molar-refractivity contribution in [3.8, 4) is 0 Å². The van der Waals surface area contributed by atoms with Crippen LogP contribution in [0.3, 0.4) is 0 Å². The van der Waals surface area contributed by atoms with Crippen LogP contribution in [0.4, 0.5) is 0 Å². The van der Waals surface area contributed by atoms with Crippen LogP contribution in [-0.2, 0) is 0 Å². The van der Waals surface area contributed by atoms with E-state index in [4.69, 9.17) is 5.11 Å². The molecule has 2 aromatic rings. The molecule has 0 bridgehead atoms. The minimum atomic E-state index is 0.0723. The molecule has 0 saturated carbocycles. The van der Waals surface area contributed by atoms with E-state index in [1.165, 1.54) is 5.56 Å². The number of aryl methyl sites for hydroxylation is 1. The molecule has 0 fully saturated rings. The molecular formula is C11H12N2O. The summed E-state index contributed by atoms with van der Waals surface area (Å²) in [5.74, 6) is 0. The van der Waals surface area contributed by atoms with E-state index < -0.39 is 0 Å². The van der Waals surface area contributed by atoms with E-state index in [2.05, 4.69) is 22.3 Å². The van der Waals surface area contributed by atoms with E-state index in [0.717, 1.165) is 16.5 Å². The maximum atomic E-state index is 8.69. The highest BCUT2D eigenvalue weighted by atomic mass is 16.2. The molecule has 2 rings (SSSR count). The van der Waals surface area contributed by atoms with Gasteiger partial charge in [0.2, 0.25) is 0 Å². The van der Waals surface area contributed by atoms with Crippen molar-refractivity contribution in [3.05, 3.63) is 35.5 Å². The number of nitrogens with zero attached hydrogens (tertiary/aromatic N) is 1. The van der Waals surface area contributed by atoms with Crippen molar-refractivity contribution in [2.24, 2.45) is 0 Å². The van der Waals surface area contributed by atoms with E-state index in [9.17, 15) is 0 Å². The van der Waals surface area contributed by atoms with E-state index >= 15 is 0 Å². The van der Waals surface area contributed by atoms with Crippen LogP contribution in [0.2, 0.25) is 0 Å². The second-order valence-electron chi connectivity index (χ2n) is 3.25. The molecule has 0 radical (unpaired) electrons. The zero-order chi connectivity index (χ0) is 9.97. The first kappa shape index (κ1) is 8.97. The first-order valence-electron chi connectivity index (χ1n) is 4.52. The lowest BCUT2D eigenvalue weighted by atomic mass is 10.1. The van der Waals surface area contributed by atoms with Gasteiger partial charge in [-0.05, 0) is 30.2 Å². The summed E-state index contributed by atoms with van der Waals surface area (Å²) in [4.78, 5) is 0. The van der Waals surface area contributed by atoms with Crippen LogP contribution in [-0.4, -0.2) is 21.9 Å². The number of aliphatic hydroxyl groups is 1. The molecule has 2 N–H and O–H groups in total. The van der Waals surface area contributed by atoms with Crippen LogP contribution in [0.1, 0.15) is 11.1 Å². The Labute approximate surface area is 82.1 Å². The number of nitrogens with one attached hydrogen (secondary N) is 1. The normalized spacial score (nSPS) is 11.6. The second kappa shape index (κ2) is 3.64. The monoisotopic (exact) mass is 188 g/mol. The van der Waals surface area contributed by atoms with Crippen molar-refractivity contribution in [3.63, 3.8) is 0 Å². The van der Waals surface area contributed by atoms with Crippen LogP contribution in [0.5, 0.6) is 0 Å². The van der Waals surface area contributed by atoms with Gasteiger partial charge in [0.15, 0.2) is 0 Å². The summed E-state index contributed by atoms with van der Waals surface area (Å²) in [6, 6.07) is 4.11. The van der Waals surface area contributed by atoms with Crippen LogP contribution in [0, 0.1) is 6.92 Å². The number of fused-ring (bicyclic) bond motifs is 1. The van der Waals surface area contributed by atoms with Gasteiger partial charge in [-0.15, -0.1) is 0 Å². The van der Waals surface area contributed by atoms with Gasteiger partial charge in [-0.1, -0.05) is 12.2 Å². The van der Waals surface area contributed by atoms with Crippen LogP contribution >= 0.6 is 0 Å². The zero-order valence-corrected chi connectivity index (χ0v) is 7.99. The molecule has 1 aromatic carbocycles. The highest BCUT2D eigenvalue weighted by Crippen LogP contribution is 2.18. The van der Waals surface area contributed by atoms with Crippen molar-refractivity contribution >= 4 is 17.0 Å². The number of aromatic amines is 1. The average Bonchev–Trinajstić information content (AvgIpc) is 2.61. The van der Waals surface area contributed by atoms with E-state index in [-0.39, 0.29) is 6.61 Å². The third-order valence-electron chi connectivity index (χ3n) is 2.23. The first-order chi connectivity index (χ1) is 6.81. The third kappa shape index (κ3) is 1.54. The molecule has 0 amide bonds. The average molecular weight is 188 g/mol. The molecule has 0 aliphatic heterocycles. The zero-order valence-electron chi connectivity index (χ0n) is 7.99. The second-order valence-corrected chi connectivity index (χ2v) is 3.25. The van der Waals surface area contributed by atoms with Crippen molar-refractivity contribution in [1.29, 1.82) is 0 Å². The van der Waals surface area contributed by atoms with Gasteiger partial charge in [0.25, 0.3) is 0 Å². The lowest BCUT2D eigenvalue weighted by Gasteiger charge is -1.99. The SMILES string of the molecule is Cc1cc2[nH]ncc2cc1C=CCO. The lowest BCUT2D eigenvalue weighted by molar-refractivity contribution is 0.343. The van der Waals surface area contributed by atoms with Gasteiger partial charge in [-0.25, -0.2) is 0 Å². The summed E-state index contributed by atoms with van der Waals surface area (Å²) in [6.07, 6.45) is 5.45. The van der Waals surface area contributed by atoms with Gasteiger partial charge in [-0.2, -0.15) is 5.10 Å². The van der Waals surface area contributed by atoms with Crippen LogP contribution < -0.4 is 0 Å². The topological polar surface area (TPSA) is 48.9 Å². The van der Waals surface area contributed by atoms with Gasteiger partial charge in [0.05, 0.1) is 18.3 Å². The summed E-state index contributed by atoms with van der Waals surface area (Å²) in [6.45, 7) is 2.11. The van der Waals surface area contributed by atoms with Gasteiger partial charge < -0.3 is 5.11 Å². The summed E-state index contributed by atoms with van der Waals surface area (Å²) >= 11 is 0. The molecule has 0 aliphatic carbocycles. The molecule has 0 spiro atoms. The summed E-state index contributed by atoms with van der Waals surface area (Å²) in [7, 11) is 0. The minimum Gasteiger partial charge on any atom is -0.392 e. The molecule has 1 heterocycles. The molecule has 0 atom stereocenters. The smallest absolute Gasteiger partial charge is 0.0653 e. The highest BCUT2D eigenvalue weighted by molar-refractivity contribution is 5.82. The minimum absolute atomic E-state index is 0.0723. The fraction of sp³-hybridized carbons (Fsp3) is 0.182. The number of hydrogen-bond acceptors (Lipinski definition) is 2. The molecule has 1 aromatic heterocycles. The summed E-state index contributed by atoms with van der Waals surface area (Å²) < 4.78 is 0. The Morgan fingerprint density at radius 2 is 2.36 bits per heavy atom. The maximum absolute atomic E-state index is 8.69. The fourth-order valence-corrected chi connectivity index (χ4v) is 1.48. The van der Waals surface area contributed by atoms with E-state index in [1.54, 1.807) is 12.3 Å². The Kier molecular flexibility index (Phi) is 2.33. The number of hydrogen-bond donors (Lipinski definition) is 2. The number of H-pyrrole nitrogens is 1. The molecule has 14 heavy (non-hydrogen) atoms. The molecule has 3 heteroatoms. The van der Waals surface area contributed by atoms with Gasteiger partial charge in [0, 0.05) is 5.39 Å². The van der Waals surface area contributed by atoms with E-state index in [1.807, 2.05) is 13.0 Å². The maximum Gasteiger partial charge on any atom is 0.0653 e. The summed E-state index contributed by atoms with van der Waals surface area (Å²) in [5, 5.41) is 16.7.